The minimum absolute atomic E-state index is 0.488. The summed E-state index contributed by atoms with van der Waals surface area (Å²) in [5, 5.41) is 3.56. The van der Waals surface area contributed by atoms with Crippen molar-refractivity contribution >= 4 is 0 Å². The number of hydrogen-bond acceptors (Lipinski definition) is 2. The molecule has 19 heavy (non-hydrogen) atoms. The lowest BCUT2D eigenvalue weighted by molar-refractivity contribution is 0.0115. The van der Waals surface area contributed by atoms with Gasteiger partial charge in [0.2, 0.25) is 0 Å². The van der Waals surface area contributed by atoms with E-state index >= 15 is 0 Å². The molecule has 1 saturated heterocycles. The third-order valence-corrected chi connectivity index (χ3v) is 4.18. The standard InChI is InChI=1S/C17H27NO/c1-13-10-15(3)16(11-14(13)2)12-18-8-7-17-6-4-5-9-19-17/h10-11,17-18H,4-9,12H2,1-3H3. The predicted octanol–water partition coefficient (Wildman–Crippen LogP) is 3.66. The maximum absolute atomic E-state index is 5.75. The fourth-order valence-electron chi connectivity index (χ4n) is 2.73. The molecule has 2 heteroatoms. The van der Waals surface area contributed by atoms with Crippen molar-refractivity contribution in [3.8, 4) is 0 Å². The maximum atomic E-state index is 5.75. The Hall–Kier alpha value is -0.860. The average molecular weight is 261 g/mol. The molecule has 1 unspecified atom stereocenters. The summed E-state index contributed by atoms with van der Waals surface area (Å²) in [6.07, 6.45) is 5.45. The molecule has 0 spiro atoms. The van der Waals surface area contributed by atoms with Crippen molar-refractivity contribution in [1.82, 2.24) is 5.32 Å². The first-order chi connectivity index (χ1) is 9.16. The lowest BCUT2D eigenvalue weighted by Crippen LogP contribution is -2.25. The first-order valence-corrected chi connectivity index (χ1v) is 7.56. The van der Waals surface area contributed by atoms with Crippen LogP contribution in [0.5, 0.6) is 0 Å². The summed E-state index contributed by atoms with van der Waals surface area (Å²) in [7, 11) is 0. The van der Waals surface area contributed by atoms with Crippen molar-refractivity contribution in [2.24, 2.45) is 0 Å². The van der Waals surface area contributed by atoms with Crippen LogP contribution in [-0.2, 0) is 11.3 Å². The molecule has 1 atom stereocenters. The topological polar surface area (TPSA) is 21.3 Å². The number of rotatable bonds is 5. The van der Waals surface area contributed by atoms with E-state index in [9.17, 15) is 0 Å². The first-order valence-electron chi connectivity index (χ1n) is 7.56. The van der Waals surface area contributed by atoms with Gasteiger partial charge in [-0.1, -0.05) is 12.1 Å². The van der Waals surface area contributed by atoms with Crippen LogP contribution in [0.15, 0.2) is 12.1 Å². The van der Waals surface area contributed by atoms with Crippen LogP contribution in [0.1, 0.15) is 47.9 Å². The Labute approximate surface area is 117 Å². The molecule has 2 nitrogen and oxygen atoms in total. The highest BCUT2D eigenvalue weighted by Crippen LogP contribution is 2.16. The third kappa shape index (κ3) is 4.32. The van der Waals surface area contributed by atoms with Crippen molar-refractivity contribution < 1.29 is 4.74 Å². The Morgan fingerprint density at radius 1 is 1.11 bits per heavy atom. The summed E-state index contributed by atoms with van der Waals surface area (Å²) in [4.78, 5) is 0. The van der Waals surface area contributed by atoms with Gasteiger partial charge in [0.05, 0.1) is 6.10 Å². The summed E-state index contributed by atoms with van der Waals surface area (Å²) >= 11 is 0. The van der Waals surface area contributed by atoms with Gasteiger partial charge >= 0.3 is 0 Å². The fraction of sp³-hybridized carbons (Fsp3) is 0.647. The molecule has 2 rings (SSSR count). The highest BCUT2D eigenvalue weighted by atomic mass is 16.5. The minimum atomic E-state index is 0.488. The van der Waals surface area contributed by atoms with Gasteiger partial charge in [-0.3, -0.25) is 0 Å². The van der Waals surface area contributed by atoms with E-state index in [2.05, 4.69) is 38.2 Å². The van der Waals surface area contributed by atoms with E-state index in [0.29, 0.717) is 6.10 Å². The highest BCUT2D eigenvalue weighted by Gasteiger charge is 2.12. The molecule has 0 bridgehead atoms. The van der Waals surface area contributed by atoms with Gasteiger partial charge in [0.25, 0.3) is 0 Å². The van der Waals surface area contributed by atoms with E-state index in [0.717, 1.165) is 26.1 Å². The molecule has 0 radical (unpaired) electrons. The van der Waals surface area contributed by atoms with Gasteiger partial charge in [-0.2, -0.15) is 0 Å². The van der Waals surface area contributed by atoms with Crippen molar-refractivity contribution in [3.05, 3.63) is 34.4 Å². The Kier molecular flexibility index (Phi) is 5.41. The smallest absolute Gasteiger partial charge is 0.0587 e. The van der Waals surface area contributed by atoms with Crippen LogP contribution in [-0.4, -0.2) is 19.3 Å². The number of ether oxygens (including phenoxy) is 1. The second-order valence-electron chi connectivity index (χ2n) is 5.82. The molecule has 106 valence electrons. The van der Waals surface area contributed by atoms with Crippen LogP contribution in [0.25, 0.3) is 0 Å². The van der Waals surface area contributed by atoms with Gasteiger partial charge in [0.1, 0.15) is 0 Å². The average Bonchev–Trinajstić information content (AvgIpc) is 2.41. The molecule has 1 heterocycles. The van der Waals surface area contributed by atoms with Crippen molar-refractivity contribution in [2.45, 2.75) is 59.1 Å². The molecule has 0 amide bonds. The van der Waals surface area contributed by atoms with Crippen LogP contribution in [0, 0.1) is 20.8 Å². The van der Waals surface area contributed by atoms with Crippen molar-refractivity contribution in [1.29, 1.82) is 0 Å². The Bertz CT molecular complexity index is 408. The molecule has 1 aliphatic rings. The monoisotopic (exact) mass is 261 g/mol. The van der Waals surface area contributed by atoms with Crippen molar-refractivity contribution in [3.63, 3.8) is 0 Å². The number of aryl methyl sites for hydroxylation is 3. The first kappa shape index (κ1) is 14.5. The third-order valence-electron chi connectivity index (χ3n) is 4.18. The quantitative estimate of drug-likeness (QED) is 0.817. The number of benzene rings is 1. The predicted molar refractivity (Wildman–Crippen MR) is 80.6 cm³/mol. The van der Waals surface area contributed by atoms with Gasteiger partial charge in [-0.25, -0.2) is 0 Å². The van der Waals surface area contributed by atoms with Gasteiger partial charge in [-0.15, -0.1) is 0 Å². The Balaban J connectivity index is 1.74. The zero-order valence-corrected chi connectivity index (χ0v) is 12.6. The largest absolute Gasteiger partial charge is 0.378 e. The summed E-state index contributed by atoms with van der Waals surface area (Å²) < 4.78 is 5.75. The molecule has 1 aromatic rings. The summed E-state index contributed by atoms with van der Waals surface area (Å²) in [5.41, 5.74) is 5.59. The van der Waals surface area contributed by atoms with Gasteiger partial charge in [0.15, 0.2) is 0 Å². The van der Waals surface area contributed by atoms with Gasteiger partial charge in [0, 0.05) is 13.2 Å². The molecular weight excluding hydrogens is 234 g/mol. The number of nitrogens with one attached hydrogen (secondary N) is 1. The van der Waals surface area contributed by atoms with E-state index in [4.69, 9.17) is 4.74 Å². The highest BCUT2D eigenvalue weighted by molar-refractivity contribution is 5.36. The summed E-state index contributed by atoms with van der Waals surface area (Å²) in [6.45, 7) is 9.55. The lowest BCUT2D eigenvalue weighted by Gasteiger charge is -2.22. The normalized spacial score (nSPS) is 19.6. The number of hydrogen-bond donors (Lipinski definition) is 1. The van der Waals surface area contributed by atoms with E-state index in [1.54, 1.807) is 0 Å². The van der Waals surface area contributed by atoms with Gasteiger partial charge < -0.3 is 10.1 Å². The van der Waals surface area contributed by atoms with Crippen LogP contribution in [0.3, 0.4) is 0 Å². The summed E-state index contributed by atoms with van der Waals surface area (Å²) in [5.74, 6) is 0. The molecule has 0 aromatic heterocycles. The fourth-order valence-corrected chi connectivity index (χ4v) is 2.73. The second kappa shape index (κ2) is 7.06. The molecular formula is C17H27NO. The molecule has 1 fully saturated rings. The molecule has 1 aromatic carbocycles. The van der Waals surface area contributed by atoms with E-state index in [1.807, 2.05) is 0 Å². The minimum Gasteiger partial charge on any atom is -0.378 e. The van der Waals surface area contributed by atoms with Crippen LogP contribution >= 0.6 is 0 Å². The second-order valence-corrected chi connectivity index (χ2v) is 5.82. The van der Waals surface area contributed by atoms with Crippen LogP contribution in [0.2, 0.25) is 0 Å². The molecule has 1 aliphatic heterocycles. The molecule has 1 N–H and O–H groups in total. The van der Waals surface area contributed by atoms with E-state index in [-0.39, 0.29) is 0 Å². The molecule has 0 saturated carbocycles. The SMILES string of the molecule is Cc1cc(C)c(CNCCC2CCCCO2)cc1C. The molecule has 0 aliphatic carbocycles. The maximum Gasteiger partial charge on any atom is 0.0587 e. The van der Waals surface area contributed by atoms with Gasteiger partial charge in [-0.05, 0) is 75.3 Å². The van der Waals surface area contributed by atoms with Crippen LogP contribution < -0.4 is 5.32 Å². The zero-order valence-electron chi connectivity index (χ0n) is 12.6. The summed E-state index contributed by atoms with van der Waals surface area (Å²) in [6, 6.07) is 4.60. The Morgan fingerprint density at radius 3 is 2.63 bits per heavy atom. The van der Waals surface area contributed by atoms with Crippen LogP contribution in [0.4, 0.5) is 0 Å². The lowest BCUT2D eigenvalue weighted by atomic mass is 10.0. The Morgan fingerprint density at radius 2 is 1.89 bits per heavy atom. The zero-order chi connectivity index (χ0) is 13.7. The van der Waals surface area contributed by atoms with Crippen molar-refractivity contribution in [2.75, 3.05) is 13.2 Å². The van der Waals surface area contributed by atoms with E-state index in [1.165, 1.54) is 41.5 Å². The van der Waals surface area contributed by atoms with E-state index < -0.39 is 0 Å².